The van der Waals surface area contributed by atoms with Crippen molar-refractivity contribution in [3.63, 3.8) is 0 Å². The molecule has 1 aromatic heterocycles. The van der Waals surface area contributed by atoms with Crippen LogP contribution in [0.2, 0.25) is 0 Å². The number of aromatic nitrogens is 1. The molecule has 3 aromatic carbocycles. The summed E-state index contributed by atoms with van der Waals surface area (Å²) in [6.07, 6.45) is 1.43. The lowest BCUT2D eigenvalue weighted by Gasteiger charge is -2.05. The van der Waals surface area contributed by atoms with Crippen molar-refractivity contribution >= 4 is 28.3 Å². The topological polar surface area (TPSA) is 101 Å². The molecule has 0 unspecified atom stereocenters. The molecule has 1 N–H and O–H groups in total. The number of hydrogen-bond acceptors (Lipinski definition) is 7. The molecule has 162 valence electrons. The van der Waals surface area contributed by atoms with Crippen molar-refractivity contribution in [1.82, 2.24) is 4.98 Å². The number of nitro benzene ring substituents is 1. The van der Waals surface area contributed by atoms with E-state index in [0.717, 1.165) is 22.4 Å². The summed E-state index contributed by atoms with van der Waals surface area (Å²) in [4.78, 5) is 15.4. The maximum absolute atomic E-state index is 11.4. The molecule has 0 saturated heterocycles. The van der Waals surface area contributed by atoms with Gasteiger partial charge in [-0.15, -0.1) is 11.3 Å². The minimum Gasteiger partial charge on any atom is -0.496 e. The van der Waals surface area contributed by atoms with Gasteiger partial charge in [0.15, 0.2) is 0 Å². The Balaban J connectivity index is 1.55. The van der Waals surface area contributed by atoms with Crippen molar-refractivity contribution in [3.05, 3.63) is 99.5 Å². The van der Waals surface area contributed by atoms with Crippen LogP contribution in [-0.4, -0.2) is 17.0 Å². The fourth-order valence-corrected chi connectivity index (χ4v) is 3.99. The van der Waals surface area contributed by atoms with Crippen LogP contribution in [0.25, 0.3) is 28.0 Å². The maximum atomic E-state index is 11.4. The first-order chi connectivity index (χ1) is 16.1. The van der Waals surface area contributed by atoms with E-state index in [0.29, 0.717) is 10.8 Å². The fraction of sp³-hybridized carbons (Fsp3) is 0.0400. The molecule has 1 heterocycles. The van der Waals surface area contributed by atoms with Gasteiger partial charge in [-0.3, -0.25) is 10.1 Å². The number of nitrogens with one attached hydrogen (secondary N) is 1. The monoisotopic (exact) mass is 454 g/mol. The van der Waals surface area contributed by atoms with Crippen molar-refractivity contribution in [2.75, 3.05) is 12.4 Å². The van der Waals surface area contributed by atoms with Crippen molar-refractivity contribution < 1.29 is 9.66 Å². The Morgan fingerprint density at radius 1 is 1.09 bits per heavy atom. The zero-order chi connectivity index (χ0) is 23.2. The molecular formula is C25H18N4O3S. The first-order valence-electron chi connectivity index (χ1n) is 9.90. The number of benzene rings is 3. The Labute approximate surface area is 194 Å². The van der Waals surface area contributed by atoms with Gasteiger partial charge in [0.2, 0.25) is 0 Å². The lowest BCUT2D eigenvalue weighted by Crippen LogP contribution is -1.98. The molecule has 0 radical (unpaired) electrons. The van der Waals surface area contributed by atoms with Crippen molar-refractivity contribution in [2.24, 2.45) is 0 Å². The molecule has 0 atom stereocenters. The summed E-state index contributed by atoms with van der Waals surface area (Å²) in [5.74, 6) is 0.375. The first-order valence-corrected chi connectivity index (χ1v) is 10.8. The van der Waals surface area contributed by atoms with Gasteiger partial charge in [0, 0.05) is 17.1 Å². The van der Waals surface area contributed by atoms with Gasteiger partial charge in [-0.1, -0.05) is 54.6 Å². The molecule has 0 aliphatic heterocycles. The second kappa shape index (κ2) is 9.77. The second-order valence-corrected chi connectivity index (χ2v) is 7.79. The Morgan fingerprint density at radius 3 is 2.45 bits per heavy atom. The highest BCUT2D eigenvalue weighted by Gasteiger charge is 2.15. The van der Waals surface area contributed by atoms with E-state index in [4.69, 9.17) is 4.74 Å². The van der Waals surface area contributed by atoms with Crippen molar-refractivity contribution in [2.45, 2.75) is 0 Å². The van der Waals surface area contributed by atoms with Crippen LogP contribution in [0.3, 0.4) is 0 Å². The standard InChI is InChI=1S/C25H18N4O3S/c1-32-21-11-12-22(24(13-21)29(30)31)27-15-20(14-26)25-28-23(16-33-25)19-9-7-18(8-10-19)17-5-3-2-4-6-17/h2-13,15-16,27H,1H3. The number of rotatable bonds is 7. The van der Waals surface area contributed by atoms with Crippen LogP contribution in [0.5, 0.6) is 5.75 Å². The van der Waals surface area contributed by atoms with Gasteiger partial charge in [0.1, 0.15) is 28.1 Å². The van der Waals surface area contributed by atoms with Gasteiger partial charge >= 0.3 is 0 Å². The zero-order valence-corrected chi connectivity index (χ0v) is 18.4. The molecule has 7 nitrogen and oxygen atoms in total. The number of hydrogen-bond donors (Lipinski definition) is 1. The third-order valence-electron chi connectivity index (χ3n) is 4.92. The summed E-state index contributed by atoms with van der Waals surface area (Å²) in [7, 11) is 1.44. The Hall–Kier alpha value is -4.48. The van der Waals surface area contributed by atoms with Crippen LogP contribution in [-0.2, 0) is 0 Å². The smallest absolute Gasteiger partial charge is 0.296 e. The quantitative estimate of drug-likeness (QED) is 0.198. The lowest BCUT2D eigenvalue weighted by atomic mass is 10.0. The third kappa shape index (κ3) is 4.89. The molecular weight excluding hydrogens is 436 g/mol. The number of ether oxygens (including phenoxy) is 1. The normalized spacial score (nSPS) is 11.0. The molecule has 0 amide bonds. The summed E-state index contributed by atoms with van der Waals surface area (Å²) in [5.41, 5.74) is 4.31. The number of methoxy groups -OCH3 is 1. The average molecular weight is 455 g/mol. The van der Waals surface area contributed by atoms with Gasteiger partial charge in [-0.2, -0.15) is 5.26 Å². The van der Waals surface area contributed by atoms with E-state index in [-0.39, 0.29) is 16.9 Å². The van der Waals surface area contributed by atoms with E-state index in [1.807, 2.05) is 47.8 Å². The molecule has 8 heteroatoms. The summed E-state index contributed by atoms with van der Waals surface area (Å²) in [5, 5.41) is 26.2. The molecule has 0 bridgehead atoms. The summed E-state index contributed by atoms with van der Waals surface area (Å²) >= 11 is 1.33. The molecule has 4 aromatic rings. The summed E-state index contributed by atoms with van der Waals surface area (Å²) < 4.78 is 5.05. The Morgan fingerprint density at radius 2 is 1.79 bits per heavy atom. The number of nitriles is 1. The van der Waals surface area contributed by atoms with Crippen LogP contribution < -0.4 is 10.1 Å². The molecule has 0 fully saturated rings. The van der Waals surface area contributed by atoms with Gasteiger partial charge in [-0.25, -0.2) is 4.98 Å². The minimum absolute atomic E-state index is 0.152. The Bertz CT molecular complexity index is 1360. The van der Waals surface area contributed by atoms with Gasteiger partial charge in [0.05, 0.1) is 23.8 Å². The summed E-state index contributed by atoms with van der Waals surface area (Å²) in [6.45, 7) is 0. The van der Waals surface area contributed by atoms with Crippen LogP contribution in [0, 0.1) is 21.4 Å². The maximum Gasteiger partial charge on any atom is 0.296 e. The van der Waals surface area contributed by atoms with E-state index >= 15 is 0 Å². The van der Waals surface area contributed by atoms with Crippen molar-refractivity contribution in [1.29, 1.82) is 5.26 Å². The minimum atomic E-state index is -0.509. The largest absolute Gasteiger partial charge is 0.496 e. The number of nitro groups is 1. The summed E-state index contributed by atoms with van der Waals surface area (Å²) in [6, 6.07) is 24.7. The number of allylic oxidation sites excluding steroid dienone is 1. The third-order valence-corrected chi connectivity index (χ3v) is 5.79. The highest BCUT2D eigenvalue weighted by Crippen LogP contribution is 2.31. The highest BCUT2D eigenvalue weighted by atomic mass is 32.1. The second-order valence-electron chi connectivity index (χ2n) is 6.94. The molecule has 33 heavy (non-hydrogen) atoms. The van der Waals surface area contributed by atoms with Crippen LogP contribution in [0.4, 0.5) is 11.4 Å². The van der Waals surface area contributed by atoms with Crippen molar-refractivity contribution in [3.8, 4) is 34.2 Å². The fourth-order valence-electron chi connectivity index (χ4n) is 3.20. The molecule has 0 aliphatic rings. The number of thiazole rings is 1. The van der Waals surface area contributed by atoms with E-state index in [2.05, 4.69) is 28.5 Å². The highest BCUT2D eigenvalue weighted by molar-refractivity contribution is 7.11. The zero-order valence-electron chi connectivity index (χ0n) is 17.6. The van der Waals surface area contributed by atoms with Crippen LogP contribution in [0.1, 0.15) is 5.01 Å². The molecule has 0 spiro atoms. The van der Waals surface area contributed by atoms with E-state index < -0.39 is 4.92 Å². The van der Waals surface area contributed by atoms with Crippen LogP contribution >= 0.6 is 11.3 Å². The molecule has 0 saturated carbocycles. The predicted molar refractivity (Wildman–Crippen MR) is 130 cm³/mol. The molecule has 4 rings (SSSR count). The number of nitrogens with zero attached hydrogens (tertiary/aromatic N) is 3. The first kappa shape index (κ1) is 21.7. The van der Waals surface area contributed by atoms with Gasteiger partial charge < -0.3 is 10.1 Å². The van der Waals surface area contributed by atoms with Crippen LogP contribution in [0.15, 0.2) is 84.4 Å². The SMILES string of the molecule is COc1ccc(NC=C(C#N)c2nc(-c3ccc(-c4ccccc4)cc3)cs2)c([N+](=O)[O-])c1. The van der Waals surface area contributed by atoms with E-state index in [9.17, 15) is 15.4 Å². The predicted octanol–water partition coefficient (Wildman–Crippen LogP) is 6.37. The van der Waals surface area contributed by atoms with E-state index in [1.54, 1.807) is 6.07 Å². The lowest BCUT2D eigenvalue weighted by molar-refractivity contribution is -0.384. The number of anilines is 1. The van der Waals surface area contributed by atoms with E-state index in [1.165, 1.54) is 36.8 Å². The van der Waals surface area contributed by atoms with Gasteiger partial charge in [-0.05, 0) is 23.3 Å². The molecule has 0 aliphatic carbocycles. The average Bonchev–Trinajstić information content (AvgIpc) is 3.35. The Kier molecular flexibility index (Phi) is 6.43. The van der Waals surface area contributed by atoms with Gasteiger partial charge in [0.25, 0.3) is 5.69 Å².